The van der Waals surface area contributed by atoms with Gasteiger partial charge in [-0.25, -0.2) is 14.6 Å². The monoisotopic (exact) mass is 436 g/mol. The first-order valence-electron chi connectivity index (χ1n) is 10.7. The molecule has 3 aromatic rings. The minimum absolute atomic E-state index is 0.0849. The maximum atomic E-state index is 13.4. The van der Waals surface area contributed by atoms with Crippen molar-refractivity contribution in [3.05, 3.63) is 57.9 Å². The molecule has 0 spiro atoms. The van der Waals surface area contributed by atoms with Crippen molar-refractivity contribution >= 4 is 16.8 Å². The molecule has 2 aliphatic heterocycles. The van der Waals surface area contributed by atoms with Gasteiger partial charge in [0.15, 0.2) is 23.6 Å². The normalized spacial score (nSPS) is 21.8. The Morgan fingerprint density at radius 1 is 1.22 bits per heavy atom. The fourth-order valence-corrected chi connectivity index (χ4v) is 4.44. The number of ether oxygens (including phenoxy) is 1. The second-order valence-electron chi connectivity index (χ2n) is 8.93. The Morgan fingerprint density at radius 3 is 2.62 bits per heavy atom. The van der Waals surface area contributed by atoms with E-state index in [9.17, 15) is 14.7 Å². The predicted molar refractivity (Wildman–Crippen MR) is 117 cm³/mol. The molecular formula is C25H24O7. The highest BCUT2D eigenvalue weighted by Gasteiger charge is 2.56. The second kappa shape index (κ2) is 7.18. The van der Waals surface area contributed by atoms with E-state index in [4.69, 9.17) is 18.9 Å². The Morgan fingerprint density at radius 2 is 1.94 bits per heavy atom. The molecule has 32 heavy (non-hydrogen) atoms. The number of phenolic OH excluding ortho intramolecular Hbond substituents is 1. The molecule has 7 heteroatoms. The zero-order chi connectivity index (χ0) is 22.8. The van der Waals surface area contributed by atoms with Crippen molar-refractivity contribution in [3.63, 3.8) is 0 Å². The lowest BCUT2D eigenvalue weighted by Gasteiger charge is -2.22. The topological polar surface area (TPSA) is 95.2 Å². The van der Waals surface area contributed by atoms with Gasteiger partial charge in [0.05, 0.1) is 10.9 Å². The van der Waals surface area contributed by atoms with Gasteiger partial charge in [-0.05, 0) is 25.8 Å². The molecule has 7 nitrogen and oxygen atoms in total. The van der Waals surface area contributed by atoms with E-state index in [0.29, 0.717) is 23.1 Å². The largest absolute Gasteiger partial charge is 0.506 e. The Bertz CT molecular complexity index is 1290. The molecule has 2 aromatic carbocycles. The van der Waals surface area contributed by atoms with Gasteiger partial charge in [0.25, 0.3) is 0 Å². The Kier molecular flexibility index (Phi) is 4.65. The van der Waals surface area contributed by atoms with E-state index in [2.05, 4.69) is 0 Å². The fourth-order valence-electron chi connectivity index (χ4n) is 4.44. The number of carbonyl (C=O) groups excluding carboxylic acids is 1. The van der Waals surface area contributed by atoms with Crippen LogP contribution in [0.2, 0.25) is 0 Å². The summed E-state index contributed by atoms with van der Waals surface area (Å²) in [5.74, 6) is -0.648. The molecule has 1 saturated heterocycles. The minimum atomic E-state index is -0.806. The van der Waals surface area contributed by atoms with Crippen molar-refractivity contribution in [1.29, 1.82) is 0 Å². The highest BCUT2D eigenvalue weighted by molar-refractivity contribution is 6.12. The molecule has 1 N–H and O–H groups in total. The summed E-state index contributed by atoms with van der Waals surface area (Å²) >= 11 is 0. The van der Waals surface area contributed by atoms with Gasteiger partial charge in [-0.2, -0.15) is 0 Å². The van der Waals surface area contributed by atoms with Crippen LogP contribution in [0.5, 0.6) is 11.5 Å². The molecule has 166 valence electrons. The third kappa shape index (κ3) is 2.88. The molecule has 0 aliphatic carbocycles. The van der Waals surface area contributed by atoms with Crippen LogP contribution in [-0.2, 0) is 9.78 Å². The number of rotatable bonds is 4. The lowest BCUT2D eigenvalue weighted by atomic mass is 9.88. The summed E-state index contributed by atoms with van der Waals surface area (Å²) in [6.07, 6.45) is -0.684. The van der Waals surface area contributed by atoms with Crippen molar-refractivity contribution in [3.8, 4) is 22.6 Å². The maximum Gasteiger partial charge on any atom is 0.336 e. The number of benzene rings is 2. The molecule has 3 atom stereocenters. The summed E-state index contributed by atoms with van der Waals surface area (Å²) in [5.41, 5.74) is 0.425. The predicted octanol–water partition coefficient (Wildman–Crippen LogP) is 4.94. The number of hydrogen-bond acceptors (Lipinski definition) is 7. The van der Waals surface area contributed by atoms with Crippen LogP contribution in [0.4, 0.5) is 0 Å². The van der Waals surface area contributed by atoms with E-state index in [0.717, 1.165) is 0 Å². The molecule has 0 bridgehead atoms. The van der Waals surface area contributed by atoms with Crippen molar-refractivity contribution in [2.75, 3.05) is 0 Å². The van der Waals surface area contributed by atoms with Crippen molar-refractivity contribution < 1.29 is 28.8 Å². The van der Waals surface area contributed by atoms with Gasteiger partial charge in [0.2, 0.25) is 0 Å². The number of Topliss-reactive ketones (excluding diaryl/α,β-unsaturated/α-hetero) is 1. The van der Waals surface area contributed by atoms with Gasteiger partial charge >= 0.3 is 5.63 Å². The molecule has 0 unspecified atom stereocenters. The van der Waals surface area contributed by atoms with Crippen molar-refractivity contribution in [1.82, 2.24) is 0 Å². The van der Waals surface area contributed by atoms with E-state index in [-0.39, 0.29) is 39.7 Å². The maximum absolute atomic E-state index is 13.4. The number of aromatic hydroxyl groups is 1. The average molecular weight is 436 g/mol. The van der Waals surface area contributed by atoms with E-state index < -0.39 is 23.4 Å². The average Bonchev–Trinajstić information content (AvgIpc) is 3.30. The zero-order valence-corrected chi connectivity index (χ0v) is 18.3. The summed E-state index contributed by atoms with van der Waals surface area (Å²) in [4.78, 5) is 37.0. The Labute approximate surface area is 184 Å². The summed E-state index contributed by atoms with van der Waals surface area (Å²) in [6.45, 7) is 7.34. The van der Waals surface area contributed by atoms with Gasteiger partial charge in [0, 0.05) is 17.5 Å². The highest BCUT2D eigenvalue weighted by Crippen LogP contribution is 2.56. The van der Waals surface area contributed by atoms with Crippen molar-refractivity contribution in [2.45, 2.75) is 51.9 Å². The molecule has 1 fully saturated rings. The van der Waals surface area contributed by atoms with Crippen LogP contribution >= 0.6 is 0 Å². The van der Waals surface area contributed by atoms with Crippen LogP contribution in [-0.4, -0.2) is 22.6 Å². The molecule has 0 radical (unpaired) electrons. The number of hydrogen-bond donors (Lipinski definition) is 1. The third-order valence-electron chi connectivity index (χ3n) is 6.40. The van der Waals surface area contributed by atoms with Crippen molar-refractivity contribution in [2.24, 2.45) is 5.92 Å². The molecule has 3 heterocycles. The van der Waals surface area contributed by atoms with Crippen LogP contribution in [0, 0.1) is 5.92 Å². The number of carbonyl (C=O) groups is 1. The molecule has 0 saturated carbocycles. The van der Waals surface area contributed by atoms with Gasteiger partial charge in [-0.3, -0.25) is 4.79 Å². The Hall–Kier alpha value is -3.16. The van der Waals surface area contributed by atoms with E-state index in [1.807, 2.05) is 51.1 Å². The van der Waals surface area contributed by atoms with Crippen LogP contribution in [0.3, 0.4) is 0 Å². The van der Waals surface area contributed by atoms with Crippen LogP contribution < -0.4 is 10.4 Å². The molecule has 1 aromatic heterocycles. The van der Waals surface area contributed by atoms with Gasteiger partial charge in [-0.15, -0.1) is 0 Å². The number of ketones is 1. The standard InChI is InChI=1S/C25H24O7/c1-5-12(2)19(27)17-20(28)16-14(13-9-7-6-8-10-13)11-15(26)29-21(16)18-22(17)30-24-23(18)31-32-25(24,3)4/h6-12,23-24,28H,5H2,1-4H3/t12-,23+,24-/m1/s1. The van der Waals surface area contributed by atoms with Gasteiger partial charge in [-0.1, -0.05) is 44.2 Å². The highest BCUT2D eigenvalue weighted by atomic mass is 17.2. The first-order chi connectivity index (χ1) is 15.2. The first-order valence-corrected chi connectivity index (χ1v) is 10.7. The van der Waals surface area contributed by atoms with Crippen LogP contribution in [0.25, 0.3) is 22.1 Å². The fraction of sp³-hybridized carbons (Fsp3) is 0.360. The molecule has 5 rings (SSSR count). The van der Waals surface area contributed by atoms with E-state index in [1.54, 1.807) is 6.92 Å². The van der Waals surface area contributed by atoms with E-state index in [1.165, 1.54) is 6.07 Å². The van der Waals surface area contributed by atoms with Gasteiger partial charge in [0.1, 0.15) is 22.7 Å². The second-order valence-corrected chi connectivity index (χ2v) is 8.93. The van der Waals surface area contributed by atoms with Crippen LogP contribution in [0.15, 0.2) is 45.6 Å². The number of fused-ring (bicyclic) bond motifs is 5. The molecular weight excluding hydrogens is 412 g/mol. The zero-order valence-electron chi connectivity index (χ0n) is 18.3. The lowest BCUT2D eigenvalue weighted by molar-refractivity contribution is -0.321. The molecule has 0 amide bonds. The molecule has 2 aliphatic rings. The SMILES string of the molecule is CC[C@@H](C)C(=O)c1c2c(c3oc(=O)cc(-c4ccccc4)c3c1O)[C@@H]1OOC(C)(C)[C@@H]1O2. The smallest absolute Gasteiger partial charge is 0.336 e. The summed E-state index contributed by atoms with van der Waals surface area (Å²) in [7, 11) is 0. The first kappa shape index (κ1) is 20.7. The Balaban J connectivity index is 1.91. The van der Waals surface area contributed by atoms with Gasteiger partial charge < -0.3 is 14.3 Å². The van der Waals surface area contributed by atoms with E-state index >= 15 is 0 Å². The number of phenols is 1. The summed E-state index contributed by atoms with van der Waals surface area (Å²) in [5, 5.41) is 11.7. The summed E-state index contributed by atoms with van der Waals surface area (Å²) < 4.78 is 11.8. The van der Waals surface area contributed by atoms with Crippen LogP contribution in [0.1, 0.15) is 56.1 Å². The minimum Gasteiger partial charge on any atom is -0.506 e. The summed E-state index contributed by atoms with van der Waals surface area (Å²) in [6, 6.07) is 10.5. The third-order valence-corrected chi connectivity index (χ3v) is 6.40. The lowest BCUT2D eigenvalue weighted by Crippen LogP contribution is -2.36. The quantitative estimate of drug-likeness (QED) is 0.352.